The Morgan fingerprint density at radius 2 is 2.39 bits per heavy atom. The third-order valence-electron chi connectivity index (χ3n) is 3.83. The number of furan rings is 1. The maximum atomic E-state index is 12.3. The topological polar surface area (TPSA) is 75.0 Å². The highest BCUT2D eigenvalue weighted by atomic mass is 16.5. The smallest absolute Gasteiger partial charge is 0.317 e. The molecule has 2 heterocycles. The second-order valence-corrected chi connectivity index (χ2v) is 5.56. The molecule has 23 heavy (non-hydrogen) atoms. The number of hydrogen-bond acceptors (Lipinski definition) is 4. The van der Waals surface area contributed by atoms with Crippen molar-refractivity contribution < 1.29 is 18.7 Å². The van der Waals surface area contributed by atoms with Gasteiger partial charge in [-0.2, -0.15) is 0 Å². The van der Waals surface area contributed by atoms with Crippen LogP contribution in [0.2, 0.25) is 0 Å². The fourth-order valence-electron chi connectivity index (χ4n) is 2.56. The van der Waals surface area contributed by atoms with E-state index in [1.54, 1.807) is 24.3 Å². The Labute approximate surface area is 136 Å². The monoisotopic (exact) mass is 323 g/mol. The van der Waals surface area contributed by atoms with Crippen LogP contribution in [0.3, 0.4) is 0 Å². The molecule has 0 unspecified atom stereocenters. The highest BCUT2D eigenvalue weighted by molar-refractivity contribution is 5.78. The fraction of sp³-hybridized carbons (Fsp3) is 0.625. The summed E-state index contributed by atoms with van der Waals surface area (Å²) in [6, 6.07) is 3.49. The van der Waals surface area contributed by atoms with Crippen LogP contribution in [0.1, 0.15) is 25.0 Å². The molecule has 1 saturated heterocycles. The number of urea groups is 1. The molecule has 1 aromatic rings. The molecular formula is C16H25N3O4. The quantitative estimate of drug-likeness (QED) is 0.698. The molecule has 1 fully saturated rings. The van der Waals surface area contributed by atoms with E-state index in [0.29, 0.717) is 39.2 Å². The average Bonchev–Trinajstić information content (AvgIpc) is 3.19. The number of rotatable bonds is 9. The summed E-state index contributed by atoms with van der Waals surface area (Å²) in [5, 5.41) is 2.89. The molecule has 1 N–H and O–H groups in total. The summed E-state index contributed by atoms with van der Waals surface area (Å²) >= 11 is 0. The SMILES string of the molecule is COCCN(Cc1ccco1)C(=O)NCCCN1CCCC1=O. The van der Waals surface area contributed by atoms with Crippen molar-refractivity contribution in [3.63, 3.8) is 0 Å². The van der Waals surface area contributed by atoms with Crippen molar-refractivity contribution in [3.05, 3.63) is 24.2 Å². The Balaban J connectivity index is 1.72. The first kappa shape index (κ1) is 17.3. The predicted octanol–water partition coefficient (Wildman–Crippen LogP) is 1.45. The van der Waals surface area contributed by atoms with E-state index in [-0.39, 0.29) is 11.9 Å². The summed E-state index contributed by atoms with van der Waals surface area (Å²) in [7, 11) is 1.61. The van der Waals surface area contributed by atoms with E-state index in [9.17, 15) is 9.59 Å². The van der Waals surface area contributed by atoms with Gasteiger partial charge < -0.3 is 24.3 Å². The van der Waals surface area contributed by atoms with Crippen molar-refractivity contribution in [3.8, 4) is 0 Å². The molecular weight excluding hydrogens is 298 g/mol. The van der Waals surface area contributed by atoms with Crippen LogP contribution in [-0.4, -0.2) is 61.6 Å². The Hall–Kier alpha value is -2.02. The van der Waals surface area contributed by atoms with Gasteiger partial charge in [0.15, 0.2) is 0 Å². The number of nitrogens with one attached hydrogen (secondary N) is 1. The van der Waals surface area contributed by atoms with Crippen LogP contribution in [0, 0.1) is 0 Å². The minimum absolute atomic E-state index is 0.147. The number of carbonyl (C=O) groups is 2. The summed E-state index contributed by atoms with van der Waals surface area (Å²) in [5.41, 5.74) is 0. The number of hydrogen-bond donors (Lipinski definition) is 1. The number of amides is 3. The zero-order chi connectivity index (χ0) is 16.5. The van der Waals surface area contributed by atoms with E-state index in [0.717, 1.165) is 25.1 Å². The molecule has 1 aliphatic rings. The van der Waals surface area contributed by atoms with E-state index >= 15 is 0 Å². The lowest BCUT2D eigenvalue weighted by Crippen LogP contribution is -2.42. The van der Waals surface area contributed by atoms with Crippen LogP contribution in [0.4, 0.5) is 4.79 Å². The minimum atomic E-state index is -0.147. The maximum Gasteiger partial charge on any atom is 0.317 e. The lowest BCUT2D eigenvalue weighted by molar-refractivity contribution is -0.127. The van der Waals surface area contributed by atoms with Gasteiger partial charge in [0.25, 0.3) is 0 Å². The van der Waals surface area contributed by atoms with Crippen LogP contribution >= 0.6 is 0 Å². The Bertz CT molecular complexity index is 490. The van der Waals surface area contributed by atoms with Gasteiger partial charge in [-0.25, -0.2) is 4.79 Å². The molecule has 1 aromatic heterocycles. The summed E-state index contributed by atoms with van der Waals surface area (Å²) in [6.45, 7) is 3.46. The van der Waals surface area contributed by atoms with Gasteiger partial charge in [0.1, 0.15) is 5.76 Å². The number of likely N-dealkylation sites (tertiary alicyclic amines) is 1. The van der Waals surface area contributed by atoms with Crippen LogP contribution in [0.15, 0.2) is 22.8 Å². The normalized spacial score (nSPS) is 14.3. The van der Waals surface area contributed by atoms with Crippen LogP contribution < -0.4 is 5.32 Å². The van der Waals surface area contributed by atoms with E-state index < -0.39 is 0 Å². The Morgan fingerprint density at radius 3 is 3.04 bits per heavy atom. The van der Waals surface area contributed by atoms with E-state index in [1.807, 2.05) is 11.0 Å². The van der Waals surface area contributed by atoms with Gasteiger partial charge in [-0.1, -0.05) is 0 Å². The van der Waals surface area contributed by atoms with Gasteiger partial charge in [-0.15, -0.1) is 0 Å². The second kappa shape index (κ2) is 9.19. The fourth-order valence-corrected chi connectivity index (χ4v) is 2.56. The van der Waals surface area contributed by atoms with Crippen LogP contribution in [0.25, 0.3) is 0 Å². The molecule has 128 valence electrons. The van der Waals surface area contributed by atoms with Crippen LogP contribution in [0.5, 0.6) is 0 Å². The van der Waals surface area contributed by atoms with Gasteiger partial charge in [0.2, 0.25) is 5.91 Å². The first-order chi connectivity index (χ1) is 11.2. The van der Waals surface area contributed by atoms with Gasteiger partial charge in [-0.05, 0) is 25.0 Å². The zero-order valence-electron chi connectivity index (χ0n) is 13.6. The standard InChI is InChI=1S/C16H25N3O4/c1-22-12-10-19(13-14-5-3-11-23-14)16(21)17-7-4-9-18-8-2-6-15(18)20/h3,5,11H,2,4,6-10,12-13H2,1H3,(H,17,21). The number of methoxy groups -OCH3 is 1. The molecule has 3 amide bonds. The van der Waals surface area contributed by atoms with E-state index in [1.165, 1.54) is 0 Å². The second-order valence-electron chi connectivity index (χ2n) is 5.56. The largest absolute Gasteiger partial charge is 0.467 e. The summed E-state index contributed by atoms with van der Waals surface area (Å²) in [6.07, 6.45) is 3.95. The number of nitrogens with zero attached hydrogens (tertiary/aromatic N) is 2. The van der Waals surface area contributed by atoms with E-state index in [4.69, 9.17) is 9.15 Å². The molecule has 0 aliphatic carbocycles. The molecule has 0 bridgehead atoms. The van der Waals surface area contributed by atoms with Crippen molar-refractivity contribution in [1.29, 1.82) is 0 Å². The molecule has 0 saturated carbocycles. The first-order valence-electron chi connectivity index (χ1n) is 8.02. The lowest BCUT2D eigenvalue weighted by atomic mass is 10.3. The molecule has 7 nitrogen and oxygen atoms in total. The molecule has 0 spiro atoms. The Morgan fingerprint density at radius 1 is 1.52 bits per heavy atom. The van der Waals surface area contributed by atoms with E-state index in [2.05, 4.69) is 5.32 Å². The molecule has 1 aliphatic heterocycles. The number of carbonyl (C=O) groups excluding carboxylic acids is 2. The van der Waals surface area contributed by atoms with Gasteiger partial charge >= 0.3 is 6.03 Å². The lowest BCUT2D eigenvalue weighted by Gasteiger charge is -2.22. The minimum Gasteiger partial charge on any atom is -0.467 e. The highest BCUT2D eigenvalue weighted by Crippen LogP contribution is 2.09. The molecule has 7 heteroatoms. The predicted molar refractivity (Wildman–Crippen MR) is 84.8 cm³/mol. The molecule has 2 rings (SSSR count). The molecule has 0 atom stereocenters. The first-order valence-corrected chi connectivity index (χ1v) is 8.02. The average molecular weight is 323 g/mol. The van der Waals surface area contributed by atoms with Crippen molar-refractivity contribution >= 4 is 11.9 Å². The molecule has 0 radical (unpaired) electrons. The Kier molecular flexibility index (Phi) is 6.93. The van der Waals surface area contributed by atoms with Crippen molar-refractivity contribution in [1.82, 2.24) is 15.1 Å². The third kappa shape index (κ3) is 5.59. The number of ether oxygens (including phenoxy) is 1. The zero-order valence-corrected chi connectivity index (χ0v) is 13.6. The summed E-state index contributed by atoms with van der Waals surface area (Å²) in [4.78, 5) is 27.3. The van der Waals surface area contributed by atoms with Crippen molar-refractivity contribution in [2.45, 2.75) is 25.8 Å². The van der Waals surface area contributed by atoms with Gasteiger partial charge in [0.05, 0.1) is 19.4 Å². The van der Waals surface area contributed by atoms with Gasteiger partial charge in [0, 0.05) is 39.7 Å². The third-order valence-corrected chi connectivity index (χ3v) is 3.83. The van der Waals surface area contributed by atoms with Crippen molar-refractivity contribution in [2.24, 2.45) is 0 Å². The van der Waals surface area contributed by atoms with Crippen LogP contribution in [-0.2, 0) is 16.1 Å². The van der Waals surface area contributed by atoms with Gasteiger partial charge in [-0.3, -0.25) is 4.79 Å². The maximum absolute atomic E-state index is 12.3. The molecule has 0 aromatic carbocycles. The summed E-state index contributed by atoms with van der Waals surface area (Å²) in [5.74, 6) is 0.954. The highest BCUT2D eigenvalue weighted by Gasteiger charge is 2.19. The van der Waals surface area contributed by atoms with Crippen molar-refractivity contribution in [2.75, 3.05) is 39.9 Å². The summed E-state index contributed by atoms with van der Waals surface area (Å²) < 4.78 is 10.3.